The number of hydrogen-bond donors (Lipinski definition) is 3. The van der Waals surface area contributed by atoms with Gasteiger partial charge in [-0.05, 0) is 30.9 Å². The molecule has 0 saturated carbocycles. The van der Waals surface area contributed by atoms with Gasteiger partial charge < -0.3 is 15.4 Å². The minimum absolute atomic E-state index is 0.0302. The summed E-state index contributed by atoms with van der Waals surface area (Å²) in [6.07, 6.45) is 1.11. The summed E-state index contributed by atoms with van der Waals surface area (Å²) in [4.78, 5) is 15.3. The highest BCUT2D eigenvalue weighted by molar-refractivity contribution is 5.90. The van der Waals surface area contributed by atoms with Gasteiger partial charge >= 0.3 is 0 Å². The quantitative estimate of drug-likeness (QED) is 0.755. The highest BCUT2D eigenvalue weighted by Crippen LogP contribution is 2.22. The number of aryl methyl sites for hydroxylation is 1. The van der Waals surface area contributed by atoms with E-state index in [1.807, 2.05) is 38.1 Å². The number of para-hydroxylation sites is 1. The van der Waals surface area contributed by atoms with E-state index in [4.69, 9.17) is 5.11 Å². The van der Waals surface area contributed by atoms with Crippen LogP contribution in [-0.4, -0.2) is 29.1 Å². The number of hydrogen-bond acceptors (Lipinski definition) is 2. The molecule has 0 spiro atoms. The molecule has 0 aliphatic carbocycles. The summed E-state index contributed by atoms with van der Waals surface area (Å²) in [6.45, 7) is 4.80. The van der Waals surface area contributed by atoms with Gasteiger partial charge in [-0.3, -0.25) is 4.79 Å². The molecule has 4 heteroatoms. The number of fused-ring (bicyclic) bond motifs is 1. The van der Waals surface area contributed by atoms with Crippen molar-refractivity contribution in [2.24, 2.45) is 5.92 Å². The minimum atomic E-state index is 0.0302. The van der Waals surface area contributed by atoms with Crippen molar-refractivity contribution in [2.75, 3.05) is 13.2 Å². The Bertz CT molecular complexity index is 589. The summed E-state index contributed by atoms with van der Waals surface area (Å²) in [5.41, 5.74) is 3.18. The zero-order valence-electron chi connectivity index (χ0n) is 12.1. The molecule has 2 aromatic rings. The van der Waals surface area contributed by atoms with Crippen LogP contribution in [0.1, 0.15) is 24.6 Å². The number of aromatic nitrogens is 1. The summed E-state index contributed by atoms with van der Waals surface area (Å²) >= 11 is 0. The third kappa shape index (κ3) is 3.39. The van der Waals surface area contributed by atoms with Gasteiger partial charge in [0.2, 0.25) is 5.91 Å². The fourth-order valence-corrected chi connectivity index (χ4v) is 2.40. The third-order valence-corrected chi connectivity index (χ3v) is 3.63. The van der Waals surface area contributed by atoms with Crippen LogP contribution in [0.4, 0.5) is 0 Å². The van der Waals surface area contributed by atoms with Gasteiger partial charge in [0.05, 0.1) is 6.42 Å². The maximum absolute atomic E-state index is 12.0. The monoisotopic (exact) mass is 274 g/mol. The zero-order chi connectivity index (χ0) is 14.5. The van der Waals surface area contributed by atoms with Crippen LogP contribution >= 0.6 is 0 Å². The molecule has 0 bridgehead atoms. The van der Waals surface area contributed by atoms with E-state index in [-0.39, 0.29) is 12.5 Å². The Morgan fingerprint density at radius 2 is 2.15 bits per heavy atom. The maximum atomic E-state index is 12.0. The average Bonchev–Trinajstić information content (AvgIpc) is 2.73. The van der Waals surface area contributed by atoms with Crippen molar-refractivity contribution in [3.63, 3.8) is 0 Å². The number of nitrogens with one attached hydrogen (secondary N) is 2. The van der Waals surface area contributed by atoms with Crippen LogP contribution in [0.3, 0.4) is 0 Å². The fraction of sp³-hybridized carbons (Fsp3) is 0.438. The lowest BCUT2D eigenvalue weighted by molar-refractivity contribution is -0.120. The van der Waals surface area contributed by atoms with E-state index >= 15 is 0 Å². The lowest BCUT2D eigenvalue weighted by atomic mass is 10.1. The molecule has 3 N–H and O–H groups in total. The van der Waals surface area contributed by atoms with Crippen LogP contribution in [0.25, 0.3) is 10.9 Å². The number of benzene rings is 1. The molecular formula is C16H22N2O2. The minimum Gasteiger partial charge on any atom is -0.396 e. The summed E-state index contributed by atoms with van der Waals surface area (Å²) in [7, 11) is 0. The number of H-pyrrole nitrogens is 1. The Morgan fingerprint density at radius 3 is 2.90 bits per heavy atom. The number of aromatic amines is 1. The molecule has 1 atom stereocenters. The smallest absolute Gasteiger partial charge is 0.224 e. The van der Waals surface area contributed by atoms with Crippen molar-refractivity contribution >= 4 is 16.8 Å². The van der Waals surface area contributed by atoms with Crippen LogP contribution in [0, 0.1) is 12.8 Å². The van der Waals surface area contributed by atoms with E-state index in [2.05, 4.69) is 10.3 Å². The first kappa shape index (κ1) is 14.6. The average molecular weight is 274 g/mol. The molecule has 0 fully saturated rings. The largest absolute Gasteiger partial charge is 0.396 e. The van der Waals surface area contributed by atoms with Crippen molar-refractivity contribution in [3.8, 4) is 0 Å². The predicted molar refractivity (Wildman–Crippen MR) is 80.6 cm³/mol. The first-order chi connectivity index (χ1) is 9.61. The Hall–Kier alpha value is -1.81. The number of carbonyl (C=O) groups is 1. The first-order valence-electron chi connectivity index (χ1n) is 7.05. The normalized spacial score (nSPS) is 12.6. The van der Waals surface area contributed by atoms with Crippen molar-refractivity contribution in [3.05, 3.63) is 35.5 Å². The van der Waals surface area contributed by atoms with E-state index in [1.165, 1.54) is 0 Å². The van der Waals surface area contributed by atoms with Crippen molar-refractivity contribution < 1.29 is 9.90 Å². The van der Waals surface area contributed by atoms with Gasteiger partial charge in [-0.25, -0.2) is 0 Å². The van der Waals surface area contributed by atoms with E-state index in [9.17, 15) is 4.79 Å². The molecule has 4 nitrogen and oxygen atoms in total. The predicted octanol–water partition coefficient (Wildman–Crippen LogP) is 2.15. The van der Waals surface area contributed by atoms with Crippen LogP contribution in [0.5, 0.6) is 0 Å². The second-order valence-corrected chi connectivity index (χ2v) is 5.37. The molecule has 1 heterocycles. The Labute approximate surface area is 119 Å². The SMILES string of the molecule is Cc1[nH]c2ccccc2c1CC(=O)NCC(C)CCO. The number of amides is 1. The Kier molecular flexibility index (Phi) is 4.79. The summed E-state index contributed by atoms with van der Waals surface area (Å²) in [5, 5.41) is 12.9. The molecule has 108 valence electrons. The molecule has 1 aromatic carbocycles. The topological polar surface area (TPSA) is 65.1 Å². The molecule has 1 aromatic heterocycles. The maximum Gasteiger partial charge on any atom is 0.224 e. The molecule has 0 saturated heterocycles. The van der Waals surface area contributed by atoms with Gasteiger partial charge in [-0.2, -0.15) is 0 Å². The second-order valence-electron chi connectivity index (χ2n) is 5.37. The number of carbonyl (C=O) groups excluding carboxylic acids is 1. The van der Waals surface area contributed by atoms with E-state index in [0.29, 0.717) is 25.3 Å². The van der Waals surface area contributed by atoms with E-state index in [1.54, 1.807) is 0 Å². The standard InChI is InChI=1S/C16H22N2O2/c1-11(7-8-19)10-17-16(20)9-14-12(2)18-15-6-4-3-5-13(14)15/h3-6,11,18-19H,7-10H2,1-2H3,(H,17,20). The van der Waals surface area contributed by atoms with Crippen LogP contribution in [-0.2, 0) is 11.2 Å². The van der Waals surface area contributed by atoms with Gasteiger partial charge in [-0.15, -0.1) is 0 Å². The van der Waals surface area contributed by atoms with Gasteiger partial charge in [-0.1, -0.05) is 25.1 Å². The zero-order valence-corrected chi connectivity index (χ0v) is 12.1. The number of rotatable bonds is 6. The van der Waals surface area contributed by atoms with Crippen LogP contribution in [0.2, 0.25) is 0 Å². The lowest BCUT2D eigenvalue weighted by Gasteiger charge is -2.11. The summed E-state index contributed by atoms with van der Waals surface area (Å²) in [5.74, 6) is 0.329. The number of aliphatic hydroxyl groups excluding tert-OH is 1. The van der Waals surface area contributed by atoms with Gasteiger partial charge in [0.15, 0.2) is 0 Å². The van der Waals surface area contributed by atoms with E-state index < -0.39 is 0 Å². The molecular weight excluding hydrogens is 252 g/mol. The van der Waals surface area contributed by atoms with Crippen LogP contribution in [0.15, 0.2) is 24.3 Å². The van der Waals surface area contributed by atoms with Crippen molar-refractivity contribution in [2.45, 2.75) is 26.7 Å². The molecule has 2 rings (SSSR count). The summed E-state index contributed by atoms with van der Waals surface area (Å²) < 4.78 is 0. The van der Waals surface area contributed by atoms with Gasteiger partial charge in [0, 0.05) is 29.7 Å². The van der Waals surface area contributed by atoms with E-state index in [0.717, 1.165) is 22.2 Å². The first-order valence-corrected chi connectivity index (χ1v) is 7.05. The number of aliphatic hydroxyl groups is 1. The third-order valence-electron chi connectivity index (χ3n) is 3.63. The highest BCUT2D eigenvalue weighted by atomic mass is 16.3. The van der Waals surface area contributed by atoms with Gasteiger partial charge in [0.25, 0.3) is 0 Å². The van der Waals surface area contributed by atoms with Crippen LogP contribution < -0.4 is 5.32 Å². The van der Waals surface area contributed by atoms with Crippen molar-refractivity contribution in [1.29, 1.82) is 0 Å². The Morgan fingerprint density at radius 1 is 1.40 bits per heavy atom. The Balaban J connectivity index is 2.01. The summed E-state index contributed by atoms with van der Waals surface area (Å²) in [6, 6.07) is 8.03. The lowest BCUT2D eigenvalue weighted by Crippen LogP contribution is -2.30. The molecule has 1 unspecified atom stereocenters. The highest BCUT2D eigenvalue weighted by Gasteiger charge is 2.12. The van der Waals surface area contributed by atoms with Gasteiger partial charge in [0.1, 0.15) is 0 Å². The molecule has 0 radical (unpaired) electrons. The molecule has 1 amide bonds. The molecule has 20 heavy (non-hydrogen) atoms. The second kappa shape index (κ2) is 6.57. The molecule has 0 aliphatic heterocycles. The molecule has 0 aliphatic rings. The van der Waals surface area contributed by atoms with Crippen molar-refractivity contribution in [1.82, 2.24) is 10.3 Å². The fourth-order valence-electron chi connectivity index (χ4n) is 2.40.